The zero-order valence-electron chi connectivity index (χ0n) is 15.0. The Labute approximate surface area is 165 Å². The molecule has 1 heterocycles. The molecule has 6 nitrogen and oxygen atoms in total. The molecule has 0 spiro atoms. The summed E-state index contributed by atoms with van der Waals surface area (Å²) in [6.07, 6.45) is 1.54. The fourth-order valence-corrected chi connectivity index (χ4v) is 4.23. The first-order chi connectivity index (χ1) is 13.2. The van der Waals surface area contributed by atoms with Gasteiger partial charge in [0.2, 0.25) is 0 Å². The molecule has 0 aliphatic rings. The van der Waals surface area contributed by atoms with Crippen LogP contribution in [0, 0.1) is 0 Å². The highest BCUT2D eigenvalue weighted by atomic mass is 32.2. The standard InChI is InChI=1S/C19H19N3O3S2/c1-3-25-15-9-6-7-13(18(15)24-2)11-20-22-17(23)12-26-19-21-14-8-4-5-10-16(14)27-19/h4-11H,3,12H2,1-2H3,(H,22,23)/b20-11-. The van der Waals surface area contributed by atoms with Crippen molar-refractivity contribution in [2.45, 2.75) is 11.3 Å². The maximum atomic E-state index is 12.0. The molecule has 140 valence electrons. The maximum Gasteiger partial charge on any atom is 0.250 e. The summed E-state index contributed by atoms with van der Waals surface area (Å²) >= 11 is 2.97. The van der Waals surface area contributed by atoms with Gasteiger partial charge in [-0.15, -0.1) is 11.3 Å². The van der Waals surface area contributed by atoms with Crippen molar-refractivity contribution in [3.8, 4) is 11.5 Å². The molecule has 0 bridgehead atoms. The highest BCUT2D eigenvalue weighted by Crippen LogP contribution is 2.30. The molecule has 2 aromatic carbocycles. The number of thioether (sulfide) groups is 1. The van der Waals surface area contributed by atoms with E-state index in [0.717, 1.165) is 20.1 Å². The summed E-state index contributed by atoms with van der Waals surface area (Å²) in [6, 6.07) is 13.4. The molecule has 1 amide bonds. The summed E-state index contributed by atoms with van der Waals surface area (Å²) in [7, 11) is 1.57. The summed E-state index contributed by atoms with van der Waals surface area (Å²) < 4.78 is 12.9. The Balaban J connectivity index is 1.56. The Bertz CT molecular complexity index is 923. The van der Waals surface area contributed by atoms with Crippen LogP contribution in [0.25, 0.3) is 10.2 Å². The molecule has 27 heavy (non-hydrogen) atoms. The van der Waals surface area contributed by atoms with Crippen LogP contribution < -0.4 is 14.9 Å². The molecule has 1 aromatic heterocycles. The number of aromatic nitrogens is 1. The van der Waals surface area contributed by atoms with Gasteiger partial charge in [-0.2, -0.15) is 5.10 Å². The monoisotopic (exact) mass is 401 g/mol. The van der Waals surface area contributed by atoms with Gasteiger partial charge >= 0.3 is 0 Å². The molecule has 1 N–H and O–H groups in total. The van der Waals surface area contributed by atoms with Gasteiger partial charge in [-0.1, -0.05) is 30.0 Å². The van der Waals surface area contributed by atoms with Gasteiger partial charge < -0.3 is 9.47 Å². The van der Waals surface area contributed by atoms with E-state index in [1.54, 1.807) is 24.7 Å². The molecule has 3 rings (SSSR count). The summed E-state index contributed by atoms with van der Waals surface area (Å²) in [5, 5.41) is 4.02. The van der Waals surface area contributed by atoms with Crippen LogP contribution in [-0.4, -0.2) is 36.6 Å². The molecule has 0 radical (unpaired) electrons. The van der Waals surface area contributed by atoms with Crippen LogP contribution in [-0.2, 0) is 4.79 Å². The first-order valence-electron chi connectivity index (χ1n) is 8.31. The zero-order chi connectivity index (χ0) is 19.1. The number of hydrogen-bond acceptors (Lipinski definition) is 7. The van der Waals surface area contributed by atoms with Crippen LogP contribution in [0.5, 0.6) is 11.5 Å². The second-order valence-electron chi connectivity index (χ2n) is 5.34. The van der Waals surface area contributed by atoms with Crippen molar-refractivity contribution in [2.75, 3.05) is 19.5 Å². The Morgan fingerprint density at radius 1 is 1.30 bits per heavy atom. The Morgan fingerprint density at radius 3 is 2.93 bits per heavy atom. The number of nitrogens with one attached hydrogen (secondary N) is 1. The fourth-order valence-electron chi connectivity index (χ4n) is 2.37. The number of hydrazone groups is 1. The Morgan fingerprint density at radius 2 is 2.15 bits per heavy atom. The Kier molecular flexibility index (Phi) is 6.67. The molecular formula is C19H19N3O3S2. The number of rotatable bonds is 8. The van der Waals surface area contributed by atoms with E-state index < -0.39 is 0 Å². The lowest BCUT2D eigenvalue weighted by molar-refractivity contribution is -0.118. The topological polar surface area (TPSA) is 72.8 Å². The number of nitrogens with zero attached hydrogens (tertiary/aromatic N) is 2. The number of carbonyl (C=O) groups is 1. The van der Waals surface area contributed by atoms with Gasteiger partial charge in [0.05, 0.1) is 35.9 Å². The molecule has 0 aliphatic heterocycles. The maximum absolute atomic E-state index is 12.0. The van der Waals surface area contributed by atoms with Gasteiger partial charge in [0.1, 0.15) is 0 Å². The van der Waals surface area contributed by atoms with Crippen molar-refractivity contribution >= 4 is 45.4 Å². The number of benzene rings is 2. The van der Waals surface area contributed by atoms with Crippen molar-refractivity contribution in [1.29, 1.82) is 0 Å². The third-order valence-electron chi connectivity index (χ3n) is 3.51. The van der Waals surface area contributed by atoms with Gasteiger partial charge in [-0.25, -0.2) is 10.4 Å². The second-order valence-corrected chi connectivity index (χ2v) is 7.59. The van der Waals surface area contributed by atoms with E-state index >= 15 is 0 Å². The Hall–Kier alpha value is -2.58. The van der Waals surface area contributed by atoms with Gasteiger partial charge in [-0.3, -0.25) is 4.79 Å². The molecular weight excluding hydrogens is 382 g/mol. The minimum Gasteiger partial charge on any atom is -0.492 e. The summed E-state index contributed by atoms with van der Waals surface area (Å²) in [6.45, 7) is 2.44. The normalized spacial score (nSPS) is 11.0. The average molecular weight is 402 g/mol. The van der Waals surface area contributed by atoms with Gasteiger partial charge in [0, 0.05) is 5.56 Å². The molecule has 0 saturated heterocycles. The third kappa shape index (κ3) is 4.99. The van der Waals surface area contributed by atoms with Crippen molar-refractivity contribution < 1.29 is 14.3 Å². The molecule has 0 fully saturated rings. The number of hydrogen-bond donors (Lipinski definition) is 1. The van der Waals surface area contributed by atoms with E-state index in [9.17, 15) is 4.79 Å². The van der Waals surface area contributed by atoms with Crippen LogP contribution in [0.3, 0.4) is 0 Å². The number of ether oxygens (including phenoxy) is 2. The predicted octanol–water partition coefficient (Wildman–Crippen LogP) is 3.95. The number of carbonyl (C=O) groups excluding carboxylic acids is 1. The lowest BCUT2D eigenvalue weighted by atomic mass is 10.2. The first kappa shape index (κ1) is 19.2. The first-order valence-corrected chi connectivity index (χ1v) is 10.1. The number of thiazole rings is 1. The van der Waals surface area contributed by atoms with Crippen molar-refractivity contribution in [2.24, 2.45) is 5.10 Å². The lowest BCUT2D eigenvalue weighted by Gasteiger charge is -2.11. The number of methoxy groups -OCH3 is 1. The van der Waals surface area contributed by atoms with Crippen LogP contribution in [0.15, 0.2) is 51.9 Å². The number of fused-ring (bicyclic) bond motifs is 1. The van der Waals surface area contributed by atoms with Crippen LogP contribution in [0.4, 0.5) is 0 Å². The lowest BCUT2D eigenvalue weighted by Crippen LogP contribution is -2.19. The van der Waals surface area contributed by atoms with Gasteiger partial charge in [-0.05, 0) is 31.2 Å². The summed E-state index contributed by atoms with van der Waals surface area (Å²) in [5.74, 6) is 1.27. The second kappa shape index (κ2) is 9.38. The molecule has 0 atom stereocenters. The van der Waals surface area contributed by atoms with E-state index in [4.69, 9.17) is 9.47 Å². The highest BCUT2D eigenvalue weighted by molar-refractivity contribution is 8.01. The third-order valence-corrected chi connectivity index (χ3v) is 5.69. The predicted molar refractivity (Wildman–Crippen MR) is 110 cm³/mol. The smallest absolute Gasteiger partial charge is 0.250 e. The SMILES string of the molecule is CCOc1cccc(/C=N\NC(=O)CSc2nc3ccccc3s2)c1OC. The minimum absolute atomic E-state index is 0.199. The van der Waals surface area contributed by atoms with Gasteiger partial charge in [0.25, 0.3) is 5.91 Å². The van der Waals surface area contributed by atoms with Crippen molar-refractivity contribution in [3.63, 3.8) is 0 Å². The van der Waals surface area contributed by atoms with E-state index in [1.165, 1.54) is 11.8 Å². The summed E-state index contributed by atoms with van der Waals surface area (Å²) in [5.41, 5.74) is 4.20. The van der Waals surface area contributed by atoms with E-state index in [1.807, 2.05) is 49.4 Å². The molecule has 0 unspecified atom stereocenters. The van der Waals surface area contributed by atoms with E-state index in [2.05, 4.69) is 15.5 Å². The molecule has 8 heteroatoms. The van der Waals surface area contributed by atoms with Gasteiger partial charge in [0.15, 0.2) is 15.8 Å². The fraction of sp³-hybridized carbons (Fsp3) is 0.211. The van der Waals surface area contributed by atoms with Crippen LogP contribution >= 0.6 is 23.1 Å². The van der Waals surface area contributed by atoms with Crippen molar-refractivity contribution in [3.05, 3.63) is 48.0 Å². The van der Waals surface area contributed by atoms with E-state index in [-0.39, 0.29) is 11.7 Å². The van der Waals surface area contributed by atoms with Crippen LogP contribution in [0.2, 0.25) is 0 Å². The van der Waals surface area contributed by atoms with E-state index in [0.29, 0.717) is 18.1 Å². The quantitative estimate of drug-likeness (QED) is 0.352. The number of para-hydroxylation sites is 2. The summed E-state index contributed by atoms with van der Waals surface area (Å²) in [4.78, 5) is 16.5. The molecule has 3 aromatic rings. The highest BCUT2D eigenvalue weighted by Gasteiger charge is 2.09. The average Bonchev–Trinajstić information content (AvgIpc) is 3.10. The zero-order valence-corrected chi connectivity index (χ0v) is 16.6. The number of amides is 1. The minimum atomic E-state index is -0.199. The van der Waals surface area contributed by atoms with Crippen molar-refractivity contribution in [1.82, 2.24) is 10.4 Å². The molecule has 0 saturated carbocycles. The molecule has 0 aliphatic carbocycles. The largest absolute Gasteiger partial charge is 0.492 e. The van der Waals surface area contributed by atoms with Crippen LogP contribution in [0.1, 0.15) is 12.5 Å².